The van der Waals surface area contributed by atoms with Crippen molar-refractivity contribution in [2.75, 3.05) is 12.4 Å². The largest absolute Gasteiger partial charge is 0.320 e. The van der Waals surface area contributed by atoms with Crippen LogP contribution in [-0.2, 0) is 6.54 Å². The maximum absolute atomic E-state index is 13.7. The van der Waals surface area contributed by atoms with Gasteiger partial charge in [-0.3, -0.25) is 9.59 Å². The van der Waals surface area contributed by atoms with Crippen LogP contribution in [0.15, 0.2) is 28.1 Å². The SMILES string of the molecule is CN=CCC(C)C#Cc1cc(C(=O)Nc2cc(F)c(=O)n(CC(F)F)c2)sc1Cl. The molecule has 0 saturated carbocycles. The Labute approximate surface area is 174 Å². The highest BCUT2D eigenvalue weighted by molar-refractivity contribution is 7.18. The molecule has 0 spiro atoms. The van der Waals surface area contributed by atoms with E-state index in [4.69, 9.17) is 11.6 Å². The van der Waals surface area contributed by atoms with E-state index in [1.54, 1.807) is 13.3 Å². The van der Waals surface area contributed by atoms with Gasteiger partial charge in [-0.05, 0) is 18.7 Å². The fourth-order valence-corrected chi connectivity index (χ4v) is 3.32. The molecule has 2 rings (SSSR count). The smallest absolute Gasteiger partial charge is 0.286 e. The molecule has 1 amide bonds. The third kappa shape index (κ3) is 6.48. The molecule has 0 saturated heterocycles. The second-order valence-electron chi connectivity index (χ2n) is 6.02. The summed E-state index contributed by atoms with van der Waals surface area (Å²) in [5.74, 6) is 4.09. The molecule has 1 atom stereocenters. The average Bonchev–Trinajstić information content (AvgIpc) is 3.02. The van der Waals surface area contributed by atoms with Crippen LogP contribution in [0.25, 0.3) is 0 Å². The number of amides is 1. The van der Waals surface area contributed by atoms with Gasteiger partial charge in [0.15, 0.2) is 5.82 Å². The number of nitrogens with zero attached hydrogens (tertiary/aromatic N) is 2. The van der Waals surface area contributed by atoms with E-state index in [2.05, 4.69) is 22.2 Å². The number of hydrogen-bond donors (Lipinski definition) is 1. The maximum atomic E-state index is 13.7. The Kier molecular flexibility index (Phi) is 8.05. The molecule has 29 heavy (non-hydrogen) atoms. The summed E-state index contributed by atoms with van der Waals surface area (Å²) in [6.45, 7) is 0.941. The van der Waals surface area contributed by atoms with Crippen molar-refractivity contribution < 1.29 is 18.0 Å². The Morgan fingerprint density at radius 3 is 2.83 bits per heavy atom. The molecule has 0 aliphatic carbocycles. The molecule has 2 heterocycles. The minimum atomic E-state index is -2.85. The highest BCUT2D eigenvalue weighted by atomic mass is 35.5. The molecular weight excluding hydrogens is 427 g/mol. The predicted octanol–water partition coefficient (Wildman–Crippen LogP) is 4.30. The third-order valence-electron chi connectivity index (χ3n) is 3.64. The van der Waals surface area contributed by atoms with Crippen LogP contribution in [0.4, 0.5) is 18.9 Å². The molecule has 0 aliphatic rings. The summed E-state index contributed by atoms with van der Waals surface area (Å²) in [5.41, 5.74) is -0.851. The van der Waals surface area contributed by atoms with Crippen LogP contribution in [0.5, 0.6) is 0 Å². The zero-order valence-corrected chi connectivity index (χ0v) is 17.1. The van der Waals surface area contributed by atoms with Gasteiger partial charge in [-0.1, -0.05) is 30.4 Å². The van der Waals surface area contributed by atoms with Crippen molar-refractivity contribution in [3.8, 4) is 11.8 Å². The van der Waals surface area contributed by atoms with E-state index < -0.39 is 30.3 Å². The predicted molar refractivity (Wildman–Crippen MR) is 109 cm³/mol. The zero-order chi connectivity index (χ0) is 21.6. The number of pyridine rings is 1. The Morgan fingerprint density at radius 1 is 1.45 bits per heavy atom. The number of aromatic nitrogens is 1. The van der Waals surface area contributed by atoms with Gasteiger partial charge in [0.2, 0.25) is 0 Å². The molecule has 0 fully saturated rings. The van der Waals surface area contributed by atoms with E-state index in [1.807, 2.05) is 6.92 Å². The van der Waals surface area contributed by atoms with Crippen LogP contribution in [0.2, 0.25) is 4.34 Å². The molecule has 0 aliphatic heterocycles. The first-order valence-electron chi connectivity index (χ1n) is 8.42. The van der Waals surface area contributed by atoms with Gasteiger partial charge in [-0.25, -0.2) is 13.2 Å². The number of carbonyl (C=O) groups is 1. The molecule has 2 aromatic heterocycles. The lowest BCUT2D eigenvalue weighted by atomic mass is 10.1. The van der Waals surface area contributed by atoms with E-state index in [9.17, 15) is 22.8 Å². The van der Waals surface area contributed by atoms with Gasteiger partial charge in [-0.2, -0.15) is 0 Å². The standard InChI is InChI=1S/C19H17ClF3N3O2S/c1-11(5-6-24-2)3-4-12-7-15(29-17(12)20)18(27)25-13-8-14(21)19(28)26(9-13)10-16(22)23/h6-9,11,16H,5,10H2,1-2H3,(H,25,27). The Morgan fingerprint density at radius 2 is 2.17 bits per heavy atom. The van der Waals surface area contributed by atoms with Gasteiger partial charge in [0.05, 0.1) is 22.7 Å². The lowest BCUT2D eigenvalue weighted by Gasteiger charge is -2.09. The summed E-state index contributed by atoms with van der Waals surface area (Å²) in [6.07, 6.45) is 0.544. The molecule has 1 N–H and O–H groups in total. The van der Waals surface area contributed by atoms with Crippen LogP contribution in [0, 0.1) is 23.6 Å². The topological polar surface area (TPSA) is 63.5 Å². The number of rotatable bonds is 6. The second-order valence-corrected chi connectivity index (χ2v) is 7.68. The average molecular weight is 444 g/mol. The van der Waals surface area contributed by atoms with Crippen molar-refractivity contribution in [2.24, 2.45) is 10.9 Å². The molecule has 2 aromatic rings. The fraction of sp³-hybridized carbons (Fsp3) is 0.316. The molecule has 0 bridgehead atoms. The summed E-state index contributed by atoms with van der Waals surface area (Å²) in [4.78, 5) is 28.1. The van der Waals surface area contributed by atoms with Crippen LogP contribution >= 0.6 is 22.9 Å². The minimum Gasteiger partial charge on any atom is -0.320 e. The summed E-state index contributed by atoms with van der Waals surface area (Å²) in [6, 6.07) is 2.26. The van der Waals surface area contributed by atoms with Crippen LogP contribution in [0.3, 0.4) is 0 Å². The maximum Gasteiger partial charge on any atom is 0.286 e. The van der Waals surface area contributed by atoms with E-state index in [0.29, 0.717) is 20.9 Å². The van der Waals surface area contributed by atoms with Gasteiger partial charge in [0, 0.05) is 25.2 Å². The number of halogens is 4. The number of nitrogens with one attached hydrogen (secondary N) is 1. The third-order valence-corrected chi connectivity index (χ3v) is 5.00. The van der Waals surface area contributed by atoms with Gasteiger partial charge in [-0.15, -0.1) is 11.3 Å². The Balaban J connectivity index is 2.19. The normalized spacial score (nSPS) is 12.1. The van der Waals surface area contributed by atoms with Crippen LogP contribution in [0.1, 0.15) is 28.6 Å². The summed E-state index contributed by atoms with van der Waals surface area (Å²) in [7, 11) is 1.67. The van der Waals surface area contributed by atoms with E-state index >= 15 is 0 Å². The van der Waals surface area contributed by atoms with Gasteiger partial charge >= 0.3 is 0 Å². The second kappa shape index (κ2) is 10.3. The summed E-state index contributed by atoms with van der Waals surface area (Å²) >= 11 is 7.10. The number of alkyl halides is 2. The number of thiophene rings is 1. The first-order valence-corrected chi connectivity index (χ1v) is 9.61. The van der Waals surface area contributed by atoms with E-state index in [1.165, 1.54) is 6.07 Å². The van der Waals surface area contributed by atoms with Crippen molar-refractivity contribution in [3.63, 3.8) is 0 Å². The lowest BCUT2D eigenvalue weighted by molar-refractivity contribution is 0.103. The number of carbonyl (C=O) groups excluding carboxylic acids is 1. The van der Waals surface area contributed by atoms with Crippen LogP contribution in [-0.4, -0.2) is 30.2 Å². The van der Waals surface area contributed by atoms with Gasteiger partial charge < -0.3 is 14.9 Å². The zero-order valence-electron chi connectivity index (χ0n) is 15.5. The molecular formula is C19H17ClF3N3O2S. The van der Waals surface area contributed by atoms with Crippen molar-refractivity contribution in [1.82, 2.24) is 4.57 Å². The molecule has 0 aromatic carbocycles. The van der Waals surface area contributed by atoms with Crippen molar-refractivity contribution in [2.45, 2.75) is 26.3 Å². The molecule has 5 nitrogen and oxygen atoms in total. The fourth-order valence-electron chi connectivity index (χ4n) is 2.23. The monoisotopic (exact) mass is 443 g/mol. The Hall–Kier alpha value is -2.57. The van der Waals surface area contributed by atoms with Crippen molar-refractivity contribution in [1.29, 1.82) is 0 Å². The molecule has 0 radical (unpaired) electrons. The van der Waals surface area contributed by atoms with E-state index in [0.717, 1.165) is 23.6 Å². The first kappa shape index (κ1) is 22.7. The first-order chi connectivity index (χ1) is 13.7. The molecule has 154 valence electrons. The quantitative estimate of drug-likeness (QED) is 0.534. The minimum absolute atomic E-state index is 0.0470. The van der Waals surface area contributed by atoms with Crippen LogP contribution < -0.4 is 10.9 Å². The number of anilines is 1. The highest BCUT2D eigenvalue weighted by Crippen LogP contribution is 2.28. The molecule has 1 unspecified atom stereocenters. The highest BCUT2D eigenvalue weighted by Gasteiger charge is 2.16. The van der Waals surface area contributed by atoms with E-state index in [-0.39, 0.29) is 16.5 Å². The summed E-state index contributed by atoms with van der Waals surface area (Å²) < 4.78 is 39.6. The van der Waals surface area contributed by atoms with Crippen molar-refractivity contribution in [3.05, 3.63) is 49.3 Å². The molecule has 10 heteroatoms. The van der Waals surface area contributed by atoms with Gasteiger partial charge in [0.25, 0.3) is 17.9 Å². The lowest BCUT2D eigenvalue weighted by Crippen LogP contribution is -2.26. The van der Waals surface area contributed by atoms with Gasteiger partial charge in [0.1, 0.15) is 4.34 Å². The number of hydrogen-bond acceptors (Lipinski definition) is 4. The summed E-state index contributed by atoms with van der Waals surface area (Å²) in [5, 5.41) is 2.38. The van der Waals surface area contributed by atoms with Crippen molar-refractivity contribution >= 4 is 40.7 Å². The number of aliphatic imine (C=N–C) groups is 1. The Bertz CT molecular complexity index is 1040.